The fourth-order valence-corrected chi connectivity index (χ4v) is 1.33. The summed E-state index contributed by atoms with van der Waals surface area (Å²) in [6.45, 7) is 4.25. The third-order valence-corrected chi connectivity index (χ3v) is 1.92. The van der Waals surface area contributed by atoms with E-state index >= 15 is 0 Å². The molecule has 0 spiro atoms. The first kappa shape index (κ1) is 10.9. The molecule has 2 heteroatoms. The fraction of sp³-hybridized carbons (Fsp3) is 1.00. The maximum Gasteiger partial charge on any atom is 0.0465 e. The van der Waals surface area contributed by atoms with Crippen LogP contribution in [0.15, 0.2) is 0 Å². The summed E-state index contributed by atoms with van der Waals surface area (Å²) < 4.78 is 5.04. The molecule has 1 atom stereocenters. The first-order chi connectivity index (χ1) is 5.35. The Morgan fingerprint density at radius 2 is 2.09 bits per heavy atom. The molecular weight excluding hydrogens is 138 g/mol. The first-order valence-corrected chi connectivity index (χ1v) is 4.48. The summed E-state index contributed by atoms with van der Waals surface area (Å²) >= 11 is 0. The van der Waals surface area contributed by atoms with E-state index in [1.165, 1.54) is 19.3 Å². The van der Waals surface area contributed by atoms with Gasteiger partial charge in [0.2, 0.25) is 0 Å². The minimum Gasteiger partial charge on any atom is -0.385 e. The van der Waals surface area contributed by atoms with Crippen LogP contribution in [0.2, 0.25) is 0 Å². The zero-order chi connectivity index (χ0) is 8.53. The lowest BCUT2D eigenvalue weighted by molar-refractivity contribution is 0.174. The van der Waals surface area contributed by atoms with Crippen molar-refractivity contribution in [1.82, 2.24) is 5.32 Å². The van der Waals surface area contributed by atoms with Crippen molar-refractivity contribution in [3.63, 3.8) is 0 Å². The maximum absolute atomic E-state index is 5.04. The minimum atomic E-state index is 0.796. The summed E-state index contributed by atoms with van der Waals surface area (Å²) in [5, 5.41) is 3.21. The molecule has 0 fully saturated rings. The molecule has 0 amide bonds. The van der Waals surface area contributed by atoms with Crippen LogP contribution in [-0.4, -0.2) is 27.3 Å². The lowest BCUT2D eigenvalue weighted by atomic mass is 10.0. The molecule has 0 aliphatic carbocycles. The van der Waals surface area contributed by atoms with Crippen LogP contribution < -0.4 is 5.32 Å². The van der Waals surface area contributed by atoms with Crippen molar-refractivity contribution >= 4 is 0 Å². The Bertz CT molecular complexity index is 70.0. The molecule has 0 aromatic rings. The van der Waals surface area contributed by atoms with E-state index < -0.39 is 0 Å². The fourth-order valence-electron chi connectivity index (χ4n) is 1.33. The standard InChI is InChI=1S/C9H21NO/c1-4-5-9(8-10-2)6-7-11-3/h9-10H,4-8H2,1-3H3. The number of rotatable bonds is 7. The topological polar surface area (TPSA) is 21.3 Å². The molecule has 0 saturated carbocycles. The molecule has 1 unspecified atom stereocenters. The summed E-state index contributed by atoms with van der Waals surface area (Å²) in [7, 11) is 3.78. The molecule has 0 aliphatic heterocycles. The zero-order valence-corrected chi connectivity index (χ0v) is 8.02. The minimum absolute atomic E-state index is 0.796. The quantitative estimate of drug-likeness (QED) is 0.610. The number of nitrogens with one attached hydrogen (secondary N) is 1. The summed E-state index contributed by atoms with van der Waals surface area (Å²) in [4.78, 5) is 0. The van der Waals surface area contributed by atoms with E-state index in [-0.39, 0.29) is 0 Å². The number of hydrogen-bond donors (Lipinski definition) is 1. The van der Waals surface area contributed by atoms with E-state index in [1.54, 1.807) is 7.11 Å². The van der Waals surface area contributed by atoms with Crippen molar-refractivity contribution in [2.75, 3.05) is 27.3 Å². The van der Waals surface area contributed by atoms with Crippen LogP contribution >= 0.6 is 0 Å². The largest absolute Gasteiger partial charge is 0.385 e. The molecule has 2 nitrogen and oxygen atoms in total. The molecular formula is C9H21NO. The SMILES string of the molecule is CCCC(CCOC)CNC. The molecule has 0 saturated heterocycles. The average Bonchev–Trinajstić information content (AvgIpc) is 2.01. The molecule has 0 aromatic heterocycles. The van der Waals surface area contributed by atoms with Gasteiger partial charge in [0.25, 0.3) is 0 Å². The lowest BCUT2D eigenvalue weighted by Crippen LogP contribution is -2.19. The van der Waals surface area contributed by atoms with Gasteiger partial charge in [-0.25, -0.2) is 0 Å². The molecule has 0 rings (SSSR count). The highest BCUT2D eigenvalue weighted by Crippen LogP contribution is 2.09. The first-order valence-electron chi connectivity index (χ1n) is 4.48. The monoisotopic (exact) mass is 159 g/mol. The summed E-state index contributed by atoms with van der Waals surface area (Å²) in [6, 6.07) is 0. The summed E-state index contributed by atoms with van der Waals surface area (Å²) in [6.07, 6.45) is 3.77. The molecule has 68 valence electrons. The Hall–Kier alpha value is -0.0800. The van der Waals surface area contributed by atoms with Crippen molar-refractivity contribution < 1.29 is 4.74 Å². The zero-order valence-electron chi connectivity index (χ0n) is 8.02. The van der Waals surface area contributed by atoms with Gasteiger partial charge in [-0.1, -0.05) is 13.3 Å². The smallest absolute Gasteiger partial charge is 0.0465 e. The van der Waals surface area contributed by atoms with E-state index in [9.17, 15) is 0 Å². The Morgan fingerprint density at radius 3 is 2.55 bits per heavy atom. The molecule has 0 aliphatic rings. The van der Waals surface area contributed by atoms with Crippen molar-refractivity contribution in [1.29, 1.82) is 0 Å². The second-order valence-corrected chi connectivity index (χ2v) is 2.99. The highest BCUT2D eigenvalue weighted by atomic mass is 16.5. The summed E-state index contributed by atoms with van der Waals surface area (Å²) in [5.41, 5.74) is 0. The Kier molecular flexibility index (Phi) is 7.96. The van der Waals surface area contributed by atoms with Crippen molar-refractivity contribution in [2.45, 2.75) is 26.2 Å². The van der Waals surface area contributed by atoms with Crippen LogP contribution in [0, 0.1) is 5.92 Å². The van der Waals surface area contributed by atoms with Crippen LogP contribution in [0.25, 0.3) is 0 Å². The van der Waals surface area contributed by atoms with Crippen molar-refractivity contribution in [3.8, 4) is 0 Å². The molecule has 0 radical (unpaired) electrons. The Morgan fingerprint density at radius 1 is 1.36 bits per heavy atom. The molecule has 1 N–H and O–H groups in total. The van der Waals surface area contributed by atoms with Gasteiger partial charge in [-0.3, -0.25) is 0 Å². The summed E-state index contributed by atoms with van der Waals surface area (Å²) in [5.74, 6) is 0.796. The highest BCUT2D eigenvalue weighted by Gasteiger charge is 2.04. The number of hydrogen-bond acceptors (Lipinski definition) is 2. The van der Waals surface area contributed by atoms with E-state index in [4.69, 9.17) is 4.74 Å². The second-order valence-electron chi connectivity index (χ2n) is 2.99. The van der Waals surface area contributed by atoms with Gasteiger partial charge >= 0.3 is 0 Å². The van der Waals surface area contributed by atoms with E-state index in [0.717, 1.165) is 19.1 Å². The van der Waals surface area contributed by atoms with E-state index in [1.807, 2.05) is 7.05 Å². The van der Waals surface area contributed by atoms with E-state index in [0.29, 0.717) is 0 Å². The Labute approximate surface area is 70.3 Å². The number of methoxy groups -OCH3 is 1. The lowest BCUT2D eigenvalue weighted by Gasteiger charge is -2.14. The van der Waals surface area contributed by atoms with Gasteiger partial charge < -0.3 is 10.1 Å². The predicted octanol–water partition coefficient (Wildman–Crippen LogP) is 1.66. The predicted molar refractivity (Wildman–Crippen MR) is 48.8 cm³/mol. The maximum atomic E-state index is 5.04. The molecule has 0 heterocycles. The van der Waals surface area contributed by atoms with Crippen LogP contribution in [0.1, 0.15) is 26.2 Å². The third-order valence-electron chi connectivity index (χ3n) is 1.92. The van der Waals surface area contributed by atoms with Gasteiger partial charge in [-0.2, -0.15) is 0 Å². The second kappa shape index (κ2) is 8.02. The van der Waals surface area contributed by atoms with Gasteiger partial charge in [0, 0.05) is 13.7 Å². The van der Waals surface area contributed by atoms with Gasteiger partial charge in [0.05, 0.1) is 0 Å². The van der Waals surface area contributed by atoms with E-state index in [2.05, 4.69) is 12.2 Å². The number of ether oxygens (including phenoxy) is 1. The van der Waals surface area contributed by atoms with Crippen LogP contribution in [0.4, 0.5) is 0 Å². The van der Waals surface area contributed by atoms with Gasteiger partial charge in [-0.15, -0.1) is 0 Å². The van der Waals surface area contributed by atoms with Gasteiger partial charge in [0.1, 0.15) is 0 Å². The highest BCUT2D eigenvalue weighted by molar-refractivity contribution is 4.59. The van der Waals surface area contributed by atoms with Crippen molar-refractivity contribution in [2.24, 2.45) is 5.92 Å². The normalized spacial score (nSPS) is 13.4. The van der Waals surface area contributed by atoms with Crippen LogP contribution in [-0.2, 0) is 4.74 Å². The molecule has 11 heavy (non-hydrogen) atoms. The average molecular weight is 159 g/mol. The molecule has 0 aromatic carbocycles. The van der Waals surface area contributed by atoms with Gasteiger partial charge in [-0.05, 0) is 32.4 Å². The Balaban J connectivity index is 3.34. The van der Waals surface area contributed by atoms with Crippen LogP contribution in [0.5, 0.6) is 0 Å². The van der Waals surface area contributed by atoms with Gasteiger partial charge in [0.15, 0.2) is 0 Å². The third kappa shape index (κ3) is 6.32. The molecule has 0 bridgehead atoms. The van der Waals surface area contributed by atoms with Crippen LogP contribution in [0.3, 0.4) is 0 Å². The van der Waals surface area contributed by atoms with Crippen molar-refractivity contribution in [3.05, 3.63) is 0 Å².